The molecule has 7 nitrogen and oxygen atoms in total. The van der Waals surface area contributed by atoms with Crippen LogP contribution in [-0.4, -0.2) is 42.5 Å². The van der Waals surface area contributed by atoms with Crippen LogP contribution < -0.4 is 15.5 Å². The van der Waals surface area contributed by atoms with Gasteiger partial charge in [-0.25, -0.2) is 0 Å². The Bertz CT molecular complexity index is 768. The normalized spacial score (nSPS) is 33.7. The van der Waals surface area contributed by atoms with Crippen LogP contribution in [0.5, 0.6) is 0 Å². The van der Waals surface area contributed by atoms with Crippen molar-refractivity contribution in [2.45, 2.75) is 44.1 Å². The molecule has 4 aliphatic carbocycles. The van der Waals surface area contributed by atoms with Gasteiger partial charge in [-0.15, -0.1) is 0 Å². The zero-order valence-electron chi connectivity index (χ0n) is 16.2. The molecule has 0 unspecified atom stereocenters. The van der Waals surface area contributed by atoms with Crippen LogP contribution in [0.15, 0.2) is 18.2 Å². The van der Waals surface area contributed by atoms with Gasteiger partial charge in [0, 0.05) is 17.2 Å². The highest BCUT2D eigenvalue weighted by atomic mass is 16.6. The van der Waals surface area contributed by atoms with Gasteiger partial charge in [0.05, 0.1) is 31.1 Å². The van der Waals surface area contributed by atoms with Crippen molar-refractivity contribution in [3.63, 3.8) is 0 Å². The standard InChI is InChI=1S/C21H28N4O3/c26-20(23-21-11-14-7-15(12-21)9-16(8-14)13-21)17-1-2-18(19(10-17)25(27)28)24-5-3-22-4-6-24/h1-2,10,14-16,22H,3-9,11-13H2,(H,23,26)/p+1. The Morgan fingerprint density at radius 1 is 1.11 bits per heavy atom. The van der Waals surface area contributed by atoms with Crippen molar-refractivity contribution in [3.05, 3.63) is 33.9 Å². The van der Waals surface area contributed by atoms with E-state index in [0.29, 0.717) is 11.3 Å². The molecule has 1 heterocycles. The van der Waals surface area contributed by atoms with Crippen LogP contribution in [0.25, 0.3) is 0 Å². The Labute approximate surface area is 165 Å². The van der Waals surface area contributed by atoms with E-state index in [0.717, 1.165) is 63.2 Å². The molecule has 7 heteroatoms. The molecular weight excluding hydrogens is 356 g/mol. The predicted molar refractivity (Wildman–Crippen MR) is 105 cm³/mol. The lowest BCUT2D eigenvalue weighted by Gasteiger charge is -2.56. The summed E-state index contributed by atoms with van der Waals surface area (Å²) >= 11 is 0. The number of carbonyl (C=O) groups excluding carboxylic acids is 1. The number of hydrogen-bond donors (Lipinski definition) is 2. The molecule has 0 aromatic heterocycles. The number of carbonyl (C=O) groups is 1. The molecule has 4 bridgehead atoms. The third kappa shape index (κ3) is 3.15. The van der Waals surface area contributed by atoms with Gasteiger partial charge in [-0.1, -0.05) is 0 Å². The molecule has 6 rings (SSSR count). The molecule has 1 saturated heterocycles. The summed E-state index contributed by atoms with van der Waals surface area (Å²) in [4.78, 5) is 26.4. The summed E-state index contributed by atoms with van der Waals surface area (Å²) in [7, 11) is 0. The maximum atomic E-state index is 13.0. The zero-order chi connectivity index (χ0) is 19.3. The highest BCUT2D eigenvalue weighted by Crippen LogP contribution is 2.55. The summed E-state index contributed by atoms with van der Waals surface area (Å²) in [5.74, 6) is 2.10. The molecule has 1 amide bonds. The number of rotatable bonds is 4. The van der Waals surface area contributed by atoms with Crippen LogP contribution in [0.4, 0.5) is 11.4 Å². The maximum absolute atomic E-state index is 13.0. The molecule has 28 heavy (non-hydrogen) atoms. The van der Waals surface area contributed by atoms with Gasteiger partial charge in [0.2, 0.25) is 0 Å². The van der Waals surface area contributed by atoms with Crippen molar-refractivity contribution in [1.82, 2.24) is 5.32 Å². The molecule has 5 fully saturated rings. The minimum Gasteiger partial charge on any atom is -0.355 e. The Morgan fingerprint density at radius 3 is 2.29 bits per heavy atom. The molecule has 0 spiro atoms. The summed E-state index contributed by atoms with van der Waals surface area (Å²) in [6, 6.07) is 5.00. The summed E-state index contributed by atoms with van der Waals surface area (Å²) in [5.41, 5.74) is 1.00. The van der Waals surface area contributed by atoms with Crippen molar-refractivity contribution in [3.8, 4) is 0 Å². The number of quaternary nitrogens is 1. The fourth-order valence-electron chi connectivity index (χ4n) is 6.65. The van der Waals surface area contributed by atoms with Crippen LogP contribution in [0.3, 0.4) is 0 Å². The van der Waals surface area contributed by atoms with Crippen LogP contribution in [-0.2, 0) is 0 Å². The second-order valence-corrected chi connectivity index (χ2v) is 9.47. The quantitative estimate of drug-likeness (QED) is 0.609. The smallest absolute Gasteiger partial charge is 0.293 e. The van der Waals surface area contributed by atoms with E-state index in [1.807, 2.05) is 0 Å². The van der Waals surface area contributed by atoms with Gasteiger partial charge in [-0.2, -0.15) is 0 Å². The molecule has 5 aliphatic rings. The molecule has 3 N–H and O–H groups in total. The summed E-state index contributed by atoms with van der Waals surface area (Å²) < 4.78 is 0. The molecule has 0 radical (unpaired) electrons. The fraction of sp³-hybridized carbons (Fsp3) is 0.667. The number of nitrogens with zero attached hydrogens (tertiary/aromatic N) is 2. The van der Waals surface area contributed by atoms with Gasteiger partial charge in [-0.3, -0.25) is 14.9 Å². The van der Waals surface area contributed by atoms with Gasteiger partial charge < -0.3 is 15.5 Å². The van der Waals surface area contributed by atoms with Crippen molar-refractivity contribution in [2.24, 2.45) is 17.8 Å². The van der Waals surface area contributed by atoms with Gasteiger partial charge in [0.1, 0.15) is 5.69 Å². The zero-order valence-corrected chi connectivity index (χ0v) is 16.2. The first-order valence-corrected chi connectivity index (χ1v) is 10.7. The third-order valence-electron chi connectivity index (χ3n) is 7.40. The van der Waals surface area contributed by atoms with E-state index in [-0.39, 0.29) is 22.1 Å². The molecule has 4 saturated carbocycles. The lowest BCUT2D eigenvalue weighted by molar-refractivity contribution is -0.655. The molecule has 0 atom stereocenters. The van der Waals surface area contributed by atoms with Crippen LogP contribution in [0, 0.1) is 27.9 Å². The molecule has 1 aromatic carbocycles. The second-order valence-electron chi connectivity index (χ2n) is 9.47. The molecule has 1 aliphatic heterocycles. The first-order valence-electron chi connectivity index (χ1n) is 10.7. The van der Waals surface area contributed by atoms with Crippen LogP contribution >= 0.6 is 0 Å². The topological polar surface area (TPSA) is 92.1 Å². The van der Waals surface area contributed by atoms with Crippen molar-refractivity contribution >= 4 is 17.3 Å². The number of nitro benzene ring substituents is 1. The molecule has 1 aromatic rings. The largest absolute Gasteiger partial charge is 0.355 e. The number of benzene rings is 1. The van der Waals surface area contributed by atoms with Gasteiger partial charge in [-0.05, 0) is 68.4 Å². The Hall–Kier alpha value is -2.15. The lowest BCUT2D eigenvalue weighted by atomic mass is 9.53. The summed E-state index contributed by atoms with van der Waals surface area (Å²) in [6.45, 7) is 3.45. The number of anilines is 1. The SMILES string of the molecule is O=C(NC12CC3CC(CC(C3)C1)C2)c1ccc(N2CC[NH2+]CC2)c([N+](=O)[O-])c1. The number of nitrogens with two attached hydrogens (primary N) is 1. The van der Waals surface area contributed by atoms with Crippen molar-refractivity contribution in [2.75, 3.05) is 31.1 Å². The Kier molecular flexibility index (Phi) is 4.30. The minimum absolute atomic E-state index is 0.0417. The van der Waals surface area contributed by atoms with Crippen molar-refractivity contribution < 1.29 is 15.0 Å². The Balaban J connectivity index is 1.38. The van der Waals surface area contributed by atoms with E-state index in [1.54, 1.807) is 12.1 Å². The predicted octanol–water partition coefficient (Wildman–Crippen LogP) is 1.68. The summed E-state index contributed by atoms with van der Waals surface area (Å²) in [5, 5.41) is 17.2. The first-order chi connectivity index (χ1) is 13.5. The first kappa shape index (κ1) is 17.9. The Morgan fingerprint density at radius 2 is 1.71 bits per heavy atom. The number of hydrogen-bond acceptors (Lipinski definition) is 4. The van der Waals surface area contributed by atoms with Gasteiger partial charge in [0.25, 0.3) is 11.6 Å². The van der Waals surface area contributed by atoms with E-state index < -0.39 is 0 Å². The summed E-state index contributed by atoms with van der Waals surface area (Å²) in [6.07, 6.45) is 7.20. The monoisotopic (exact) mass is 385 g/mol. The average molecular weight is 385 g/mol. The van der Waals surface area contributed by atoms with Crippen LogP contribution in [0.2, 0.25) is 0 Å². The highest BCUT2D eigenvalue weighted by molar-refractivity contribution is 5.96. The van der Waals surface area contributed by atoms with E-state index in [1.165, 1.54) is 25.3 Å². The average Bonchev–Trinajstić information content (AvgIpc) is 2.66. The van der Waals surface area contributed by atoms with E-state index in [9.17, 15) is 14.9 Å². The second kappa shape index (κ2) is 6.72. The minimum atomic E-state index is -0.352. The lowest BCUT2D eigenvalue weighted by Crippen LogP contribution is -2.89. The maximum Gasteiger partial charge on any atom is 0.293 e. The number of nitro groups is 1. The highest BCUT2D eigenvalue weighted by Gasteiger charge is 2.51. The fourth-order valence-corrected chi connectivity index (χ4v) is 6.65. The van der Waals surface area contributed by atoms with E-state index in [4.69, 9.17) is 0 Å². The molecule has 150 valence electrons. The number of nitrogens with one attached hydrogen (secondary N) is 1. The van der Waals surface area contributed by atoms with Crippen LogP contribution in [0.1, 0.15) is 48.9 Å². The number of amides is 1. The molecular formula is C21H29N4O3+. The third-order valence-corrected chi connectivity index (χ3v) is 7.40. The van der Waals surface area contributed by atoms with Crippen molar-refractivity contribution in [1.29, 1.82) is 0 Å². The van der Waals surface area contributed by atoms with E-state index in [2.05, 4.69) is 15.5 Å². The van der Waals surface area contributed by atoms with E-state index >= 15 is 0 Å². The van der Waals surface area contributed by atoms with Gasteiger partial charge in [0.15, 0.2) is 0 Å². The number of piperazine rings is 1. The van der Waals surface area contributed by atoms with Gasteiger partial charge >= 0.3 is 0 Å².